The van der Waals surface area contributed by atoms with Crippen LogP contribution in [0.2, 0.25) is 0 Å². The van der Waals surface area contributed by atoms with Crippen molar-refractivity contribution in [2.24, 2.45) is 11.8 Å². The van der Waals surface area contributed by atoms with Crippen molar-refractivity contribution in [1.82, 2.24) is 24.8 Å². The molecule has 4 rings (SSSR count). The Morgan fingerprint density at radius 1 is 1.08 bits per heavy atom. The smallest absolute Gasteiger partial charge is 0.226 e. The second kappa shape index (κ2) is 8.33. The molecule has 0 radical (unpaired) electrons. The zero-order chi connectivity index (χ0) is 17.8. The Labute approximate surface area is 156 Å². The molecule has 0 spiro atoms. The van der Waals surface area contributed by atoms with Crippen molar-refractivity contribution in [2.75, 3.05) is 26.2 Å². The van der Waals surface area contributed by atoms with Gasteiger partial charge in [0.05, 0.1) is 5.69 Å². The van der Waals surface area contributed by atoms with Gasteiger partial charge in [0.15, 0.2) is 0 Å². The number of carbonyl (C=O) groups is 1. The van der Waals surface area contributed by atoms with Gasteiger partial charge in [-0.2, -0.15) is 0 Å². The Bertz CT molecular complexity index is 626. The summed E-state index contributed by atoms with van der Waals surface area (Å²) in [6, 6.07) is 0. The molecule has 1 amide bonds. The fourth-order valence-electron chi connectivity index (χ4n) is 4.55. The third-order valence-corrected chi connectivity index (χ3v) is 6.16. The molecule has 3 aliphatic rings. The molecular weight excluding hydrogens is 326 g/mol. The average molecular weight is 358 g/mol. The summed E-state index contributed by atoms with van der Waals surface area (Å²) in [5, 5.41) is 8.68. The lowest BCUT2D eigenvalue weighted by Crippen LogP contribution is -2.42. The van der Waals surface area contributed by atoms with Crippen molar-refractivity contribution >= 4 is 5.91 Å². The van der Waals surface area contributed by atoms with Crippen LogP contribution in [0, 0.1) is 11.8 Å². The first-order valence-electron chi connectivity index (χ1n) is 10.3. The molecule has 26 heavy (non-hydrogen) atoms. The van der Waals surface area contributed by atoms with E-state index in [0.29, 0.717) is 11.8 Å². The van der Waals surface area contributed by atoms with Gasteiger partial charge >= 0.3 is 0 Å². The summed E-state index contributed by atoms with van der Waals surface area (Å²) in [6.07, 6.45) is 14.3. The van der Waals surface area contributed by atoms with E-state index in [9.17, 15) is 4.79 Å². The first-order valence-corrected chi connectivity index (χ1v) is 10.3. The average Bonchev–Trinajstić information content (AvgIpc) is 3.35. The second-order valence-corrected chi connectivity index (χ2v) is 8.17. The van der Waals surface area contributed by atoms with Crippen molar-refractivity contribution in [2.45, 2.75) is 58.0 Å². The van der Waals surface area contributed by atoms with Crippen molar-refractivity contribution in [1.29, 1.82) is 0 Å². The Morgan fingerprint density at radius 2 is 1.88 bits per heavy atom. The lowest BCUT2D eigenvalue weighted by molar-refractivity contribution is -0.137. The summed E-state index contributed by atoms with van der Waals surface area (Å²) in [6.45, 7) is 6.05. The molecule has 0 saturated carbocycles. The fourth-order valence-corrected chi connectivity index (χ4v) is 4.55. The number of likely N-dealkylation sites (tertiary alicyclic amines) is 2. The highest BCUT2D eigenvalue weighted by atomic mass is 16.2. The number of piperidine rings is 1. The molecule has 0 aromatic carbocycles. The van der Waals surface area contributed by atoms with Crippen LogP contribution in [-0.2, 0) is 17.9 Å². The van der Waals surface area contributed by atoms with Gasteiger partial charge in [0.2, 0.25) is 5.91 Å². The van der Waals surface area contributed by atoms with Gasteiger partial charge in [0, 0.05) is 38.3 Å². The molecule has 6 nitrogen and oxygen atoms in total. The predicted molar refractivity (Wildman–Crippen MR) is 100 cm³/mol. The number of carbonyl (C=O) groups excluding carboxylic acids is 1. The Morgan fingerprint density at radius 3 is 2.62 bits per heavy atom. The highest BCUT2D eigenvalue weighted by Crippen LogP contribution is 2.25. The van der Waals surface area contributed by atoms with E-state index in [-0.39, 0.29) is 5.92 Å². The maximum Gasteiger partial charge on any atom is 0.226 e. The molecule has 2 saturated heterocycles. The van der Waals surface area contributed by atoms with E-state index in [1.54, 1.807) is 0 Å². The van der Waals surface area contributed by atoms with Gasteiger partial charge in [-0.15, -0.1) is 5.10 Å². The van der Waals surface area contributed by atoms with Gasteiger partial charge in [-0.1, -0.05) is 17.4 Å². The fraction of sp³-hybridized carbons (Fsp3) is 0.750. The molecule has 2 aliphatic heterocycles. The molecule has 1 unspecified atom stereocenters. The molecule has 6 heteroatoms. The minimum Gasteiger partial charge on any atom is -0.342 e. The van der Waals surface area contributed by atoms with E-state index in [2.05, 4.69) is 38.5 Å². The van der Waals surface area contributed by atoms with Crippen molar-refractivity contribution in [3.05, 3.63) is 24.0 Å². The largest absolute Gasteiger partial charge is 0.342 e. The monoisotopic (exact) mass is 357 g/mol. The zero-order valence-corrected chi connectivity index (χ0v) is 15.7. The molecule has 0 bridgehead atoms. The van der Waals surface area contributed by atoms with Gasteiger partial charge in [0.1, 0.15) is 0 Å². The highest BCUT2D eigenvalue weighted by molar-refractivity contribution is 5.79. The molecule has 1 aliphatic carbocycles. The van der Waals surface area contributed by atoms with Gasteiger partial charge in [-0.05, 0) is 64.0 Å². The van der Waals surface area contributed by atoms with Gasteiger partial charge in [-0.3, -0.25) is 14.4 Å². The summed E-state index contributed by atoms with van der Waals surface area (Å²) in [7, 11) is 0. The van der Waals surface area contributed by atoms with Crippen LogP contribution in [0.15, 0.2) is 18.3 Å². The Hall–Kier alpha value is -1.69. The van der Waals surface area contributed by atoms with Crippen LogP contribution in [0.25, 0.3) is 0 Å². The van der Waals surface area contributed by atoms with Crippen LogP contribution in [-0.4, -0.2) is 56.9 Å². The summed E-state index contributed by atoms with van der Waals surface area (Å²) in [5.74, 6) is 1.20. The first kappa shape index (κ1) is 17.7. The standard InChI is InChI=1S/C20H31N5O/c26-20(18-6-2-1-3-7-18)24-12-8-17(9-13-24)14-25-16-19(21-22-25)15-23-10-4-5-11-23/h1-2,16-18H,3-15H2. The zero-order valence-electron chi connectivity index (χ0n) is 15.7. The number of allylic oxidation sites excluding steroid dienone is 2. The second-order valence-electron chi connectivity index (χ2n) is 8.17. The molecule has 1 aromatic rings. The minimum absolute atomic E-state index is 0.222. The van der Waals surface area contributed by atoms with Gasteiger partial charge in [-0.25, -0.2) is 0 Å². The summed E-state index contributed by atoms with van der Waals surface area (Å²) in [5.41, 5.74) is 1.09. The maximum atomic E-state index is 12.6. The SMILES string of the molecule is O=C(C1CC=CCC1)N1CCC(Cn2cc(CN3CCCC3)nn2)CC1. The molecule has 1 atom stereocenters. The molecule has 142 valence electrons. The van der Waals surface area contributed by atoms with Crippen LogP contribution in [0.4, 0.5) is 0 Å². The first-order chi connectivity index (χ1) is 12.8. The van der Waals surface area contributed by atoms with Crippen molar-refractivity contribution in [3.8, 4) is 0 Å². The minimum atomic E-state index is 0.222. The van der Waals surface area contributed by atoms with E-state index in [1.165, 1.54) is 25.9 Å². The number of hydrogen-bond acceptors (Lipinski definition) is 4. The van der Waals surface area contributed by atoms with Crippen molar-refractivity contribution < 1.29 is 4.79 Å². The van der Waals surface area contributed by atoms with E-state index >= 15 is 0 Å². The third-order valence-electron chi connectivity index (χ3n) is 6.16. The van der Waals surface area contributed by atoms with E-state index in [4.69, 9.17) is 0 Å². The number of nitrogens with zero attached hydrogens (tertiary/aromatic N) is 5. The van der Waals surface area contributed by atoms with Crippen LogP contribution in [0.3, 0.4) is 0 Å². The number of rotatable bonds is 5. The Kier molecular flexibility index (Phi) is 5.68. The van der Waals surface area contributed by atoms with Crippen LogP contribution in [0.1, 0.15) is 50.6 Å². The van der Waals surface area contributed by atoms with Gasteiger partial charge < -0.3 is 4.90 Å². The highest BCUT2D eigenvalue weighted by Gasteiger charge is 2.28. The lowest BCUT2D eigenvalue weighted by Gasteiger charge is -2.34. The summed E-state index contributed by atoms with van der Waals surface area (Å²) < 4.78 is 2.01. The van der Waals surface area contributed by atoms with Crippen molar-refractivity contribution in [3.63, 3.8) is 0 Å². The third kappa shape index (κ3) is 4.34. The maximum absolute atomic E-state index is 12.6. The van der Waals surface area contributed by atoms with Crippen LogP contribution >= 0.6 is 0 Å². The topological polar surface area (TPSA) is 54.3 Å². The van der Waals surface area contributed by atoms with E-state index < -0.39 is 0 Å². The molecule has 1 aromatic heterocycles. The van der Waals surface area contributed by atoms with E-state index in [1.807, 2.05) is 4.68 Å². The normalized spacial score (nSPS) is 25.1. The number of hydrogen-bond donors (Lipinski definition) is 0. The van der Waals surface area contributed by atoms with Crippen LogP contribution in [0.5, 0.6) is 0 Å². The van der Waals surface area contributed by atoms with Crippen LogP contribution < -0.4 is 0 Å². The lowest BCUT2D eigenvalue weighted by atomic mass is 9.91. The summed E-state index contributed by atoms with van der Waals surface area (Å²) in [4.78, 5) is 17.2. The molecule has 3 heterocycles. The summed E-state index contributed by atoms with van der Waals surface area (Å²) >= 11 is 0. The predicted octanol–water partition coefficient (Wildman–Crippen LogP) is 2.47. The van der Waals surface area contributed by atoms with Gasteiger partial charge in [0.25, 0.3) is 0 Å². The Balaban J connectivity index is 1.23. The molecular formula is C20H31N5O. The molecule has 0 N–H and O–H groups in total. The number of amides is 1. The van der Waals surface area contributed by atoms with E-state index in [0.717, 1.165) is 64.0 Å². The quantitative estimate of drug-likeness (QED) is 0.760. The number of aromatic nitrogens is 3. The molecule has 2 fully saturated rings.